The molecular formula is C28H29NO7. The Morgan fingerprint density at radius 3 is 2.50 bits per heavy atom. The van der Waals surface area contributed by atoms with Crippen LogP contribution in [-0.2, 0) is 16.0 Å². The zero-order valence-electron chi connectivity index (χ0n) is 20.1. The van der Waals surface area contributed by atoms with E-state index in [0.29, 0.717) is 11.5 Å². The summed E-state index contributed by atoms with van der Waals surface area (Å²) in [4.78, 5) is 38.6. The number of ketones is 2. The molecule has 0 bridgehead atoms. The van der Waals surface area contributed by atoms with E-state index in [-0.39, 0.29) is 36.1 Å². The minimum absolute atomic E-state index is 0.0250. The van der Waals surface area contributed by atoms with Crippen LogP contribution in [0.2, 0.25) is 0 Å². The predicted octanol–water partition coefficient (Wildman–Crippen LogP) is 2.54. The van der Waals surface area contributed by atoms with Crippen LogP contribution in [0.3, 0.4) is 0 Å². The van der Waals surface area contributed by atoms with Gasteiger partial charge in [0.2, 0.25) is 5.91 Å². The minimum Gasteiger partial charge on any atom is -0.508 e. The van der Waals surface area contributed by atoms with Gasteiger partial charge in [-0.2, -0.15) is 0 Å². The van der Waals surface area contributed by atoms with Gasteiger partial charge in [0.1, 0.15) is 17.4 Å². The van der Waals surface area contributed by atoms with Crippen molar-refractivity contribution in [1.29, 1.82) is 0 Å². The molecule has 0 aromatic heterocycles. The fraction of sp³-hybridized carbons (Fsp3) is 0.393. The fourth-order valence-corrected chi connectivity index (χ4v) is 6.26. The van der Waals surface area contributed by atoms with E-state index in [4.69, 9.17) is 5.73 Å². The van der Waals surface area contributed by atoms with E-state index in [9.17, 15) is 34.8 Å². The van der Waals surface area contributed by atoms with Crippen molar-refractivity contribution in [3.05, 3.63) is 64.4 Å². The van der Waals surface area contributed by atoms with Crippen LogP contribution in [0, 0.1) is 17.8 Å². The standard InChI is InChI=1S/C28H29NO7/c1-12(2)13-4-3-5-14(8-13)17-6-7-19(30)22-18(17)10-15-9-16-11-20(31)23(27(29)35)26(34)28(16,36)25(33)21(15)24(22)32/h3-8,12,15-16,20,23,30-31,33,36H,9-11H2,1-2H3,(H2,29,35)/t15-,16+,20?,23?,28+/m1/s1. The molecule has 0 heterocycles. The minimum atomic E-state index is -2.50. The monoisotopic (exact) mass is 491 g/mol. The summed E-state index contributed by atoms with van der Waals surface area (Å²) in [5.74, 6) is -6.79. The number of rotatable bonds is 3. The summed E-state index contributed by atoms with van der Waals surface area (Å²) < 4.78 is 0. The predicted molar refractivity (Wildman–Crippen MR) is 130 cm³/mol. The number of phenolic OH excluding ortho intramolecular Hbond substituents is 1. The highest BCUT2D eigenvalue weighted by molar-refractivity contribution is 6.16. The lowest BCUT2D eigenvalue weighted by atomic mass is 9.57. The molecule has 8 nitrogen and oxygen atoms in total. The lowest BCUT2D eigenvalue weighted by molar-refractivity contribution is -0.167. The number of aliphatic hydroxyl groups excluding tert-OH is 2. The number of amides is 1. The maximum atomic E-state index is 13.7. The summed E-state index contributed by atoms with van der Waals surface area (Å²) in [6.07, 6.45) is -1.10. The zero-order chi connectivity index (χ0) is 26.1. The number of allylic oxidation sites excluding steroid dienone is 1. The van der Waals surface area contributed by atoms with Crippen molar-refractivity contribution < 1.29 is 34.8 Å². The number of fused-ring (bicyclic) bond motifs is 3. The molecule has 36 heavy (non-hydrogen) atoms. The number of phenols is 1. The molecule has 1 saturated carbocycles. The highest BCUT2D eigenvalue weighted by atomic mass is 16.3. The molecule has 0 spiro atoms. The topological polar surface area (TPSA) is 158 Å². The SMILES string of the molecule is CC(C)c1cccc(-c2ccc(O)c3c2C[C@H]2C[C@H]4CC(O)C(C(N)=O)C(=O)[C@@]4(O)C(O)=C2C3=O)c1. The van der Waals surface area contributed by atoms with Crippen molar-refractivity contribution in [1.82, 2.24) is 0 Å². The first-order valence-corrected chi connectivity index (χ1v) is 12.1. The van der Waals surface area contributed by atoms with Crippen LogP contribution in [0.15, 0.2) is 47.7 Å². The average molecular weight is 492 g/mol. The average Bonchev–Trinajstić information content (AvgIpc) is 2.81. The van der Waals surface area contributed by atoms with Gasteiger partial charge in [-0.1, -0.05) is 44.2 Å². The number of hydrogen-bond acceptors (Lipinski definition) is 7. The summed E-state index contributed by atoms with van der Waals surface area (Å²) in [5.41, 5.74) is 6.10. The van der Waals surface area contributed by atoms with E-state index in [2.05, 4.69) is 13.8 Å². The maximum Gasteiger partial charge on any atom is 0.230 e. The summed E-state index contributed by atoms with van der Waals surface area (Å²) in [7, 11) is 0. The molecule has 2 aromatic carbocycles. The van der Waals surface area contributed by atoms with E-state index in [1.807, 2.05) is 24.3 Å². The Labute approximate surface area is 208 Å². The number of nitrogens with two attached hydrogens (primary N) is 1. The van der Waals surface area contributed by atoms with Gasteiger partial charge in [0, 0.05) is 11.5 Å². The van der Waals surface area contributed by atoms with E-state index >= 15 is 0 Å². The number of benzene rings is 2. The highest BCUT2D eigenvalue weighted by Gasteiger charge is 2.62. The van der Waals surface area contributed by atoms with Gasteiger partial charge in [0.05, 0.1) is 11.7 Å². The Bertz CT molecular complexity index is 1340. The van der Waals surface area contributed by atoms with Gasteiger partial charge in [0.15, 0.2) is 17.2 Å². The molecule has 3 aliphatic carbocycles. The molecule has 0 radical (unpaired) electrons. The Hall–Kier alpha value is -3.49. The van der Waals surface area contributed by atoms with Crippen molar-refractivity contribution in [2.24, 2.45) is 23.5 Å². The van der Waals surface area contributed by atoms with Gasteiger partial charge >= 0.3 is 0 Å². The molecule has 1 amide bonds. The molecule has 0 saturated heterocycles. The first-order valence-electron chi connectivity index (χ1n) is 12.1. The largest absolute Gasteiger partial charge is 0.508 e. The van der Waals surface area contributed by atoms with Gasteiger partial charge in [-0.3, -0.25) is 14.4 Å². The number of primary amides is 1. The smallest absolute Gasteiger partial charge is 0.230 e. The summed E-state index contributed by atoms with van der Waals surface area (Å²) in [6, 6.07) is 11.1. The van der Waals surface area contributed by atoms with Crippen molar-refractivity contribution in [2.45, 2.75) is 50.7 Å². The quantitative estimate of drug-likeness (QED) is 0.413. The van der Waals surface area contributed by atoms with Crippen LogP contribution in [0.4, 0.5) is 0 Å². The third kappa shape index (κ3) is 3.32. The molecular weight excluding hydrogens is 462 g/mol. The van der Waals surface area contributed by atoms with Crippen LogP contribution >= 0.6 is 0 Å². The zero-order valence-corrected chi connectivity index (χ0v) is 20.1. The molecule has 8 heteroatoms. The van der Waals surface area contributed by atoms with Crippen LogP contribution in [-0.4, -0.2) is 49.6 Å². The molecule has 1 fully saturated rings. The van der Waals surface area contributed by atoms with Gasteiger partial charge < -0.3 is 26.2 Å². The Morgan fingerprint density at radius 2 is 1.83 bits per heavy atom. The third-order valence-corrected chi connectivity index (χ3v) is 8.14. The van der Waals surface area contributed by atoms with Gasteiger partial charge in [-0.05, 0) is 59.4 Å². The number of carbonyl (C=O) groups excluding carboxylic acids is 3. The van der Waals surface area contributed by atoms with E-state index < -0.39 is 52.7 Å². The number of aromatic hydroxyl groups is 1. The summed E-state index contributed by atoms with van der Waals surface area (Å²) in [5, 5.41) is 43.6. The third-order valence-electron chi connectivity index (χ3n) is 8.14. The molecule has 6 N–H and O–H groups in total. The van der Waals surface area contributed by atoms with E-state index in [1.54, 1.807) is 6.07 Å². The number of aliphatic hydroxyl groups is 3. The van der Waals surface area contributed by atoms with Crippen molar-refractivity contribution in [3.8, 4) is 16.9 Å². The molecule has 0 aliphatic heterocycles. The van der Waals surface area contributed by atoms with Crippen molar-refractivity contribution in [3.63, 3.8) is 0 Å². The van der Waals surface area contributed by atoms with Gasteiger partial charge in [-0.15, -0.1) is 0 Å². The highest BCUT2D eigenvalue weighted by Crippen LogP contribution is 2.52. The second-order valence-corrected chi connectivity index (χ2v) is 10.5. The molecule has 5 atom stereocenters. The number of carbonyl (C=O) groups is 3. The molecule has 3 aliphatic rings. The Kier molecular flexibility index (Phi) is 5.57. The molecule has 2 aromatic rings. The lowest BCUT2D eigenvalue weighted by Crippen LogP contribution is -2.63. The van der Waals surface area contributed by atoms with E-state index in [0.717, 1.165) is 16.7 Å². The number of Topliss-reactive ketones (excluding diaryl/α,β-unsaturated/α-hetero) is 2. The van der Waals surface area contributed by atoms with Crippen LogP contribution in [0.25, 0.3) is 11.1 Å². The number of hydrogen-bond donors (Lipinski definition) is 5. The first-order chi connectivity index (χ1) is 17.0. The second-order valence-electron chi connectivity index (χ2n) is 10.5. The fourth-order valence-electron chi connectivity index (χ4n) is 6.26. The lowest BCUT2D eigenvalue weighted by Gasteiger charge is -2.48. The van der Waals surface area contributed by atoms with Crippen molar-refractivity contribution >= 4 is 17.5 Å². The Balaban J connectivity index is 1.66. The molecule has 5 rings (SSSR count). The van der Waals surface area contributed by atoms with E-state index in [1.165, 1.54) is 6.07 Å². The van der Waals surface area contributed by atoms with Gasteiger partial charge in [-0.25, -0.2) is 0 Å². The van der Waals surface area contributed by atoms with Crippen LogP contribution in [0.5, 0.6) is 5.75 Å². The second kappa shape index (κ2) is 8.28. The van der Waals surface area contributed by atoms with Crippen LogP contribution in [0.1, 0.15) is 54.1 Å². The Morgan fingerprint density at radius 1 is 1.11 bits per heavy atom. The summed E-state index contributed by atoms with van der Waals surface area (Å²) in [6.45, 7) is 4.17. The summed E-state index contributed by atoms with van der Waals surface area (Å²) >= 11 is 0. The first kappa shape index (κ1) is 24.2. The van der Waals surface area contributed by atoms with Crippen LogP contribution < -0.4 is 5.73 Å². The normalized spacial score (nSPS) is 29.6. The van der Waals surface area contributed by atoms with Crippen molar-refractivity contribution in [2.75, 3.05) is 0 Å². The molecule has 188 valence electrons. The van der Waals surface area contributed by atoms with Gasteiger partial charge in [0.25, 0.3) is 0 Å². The maximum absolute atomic E-state index is 13.7. The molecule has 2 unspecified atom stereocenters.